The smallest absolute Gasteiger partial charge is 0.268 e. The van der Waals surface area contributed by atoms with Crippen LogP contribution in [-0.2, 0) is 0 Å². The second-order valence-electron chi connectivity index (χ2n) is 3.15. The number of hydrogen-bond acceptors (Lipinski definition) is 2. The van der Waals surface area contributed by atoms with Crippen LogP contribution in [0.1, 0.15) is 5.69 Å². The Bertz CT molecular complexity index is 534. The first-order valence-electron chi connectivity index (χ1n) is 4.49. The molecule has 0 aliphatic heterocycles. The molecule has 0 amide bonds. The molecule has 1 heterocycles. The van der Waals surface area contributed by atoms with Gasteiger partial charge in [-0.05, 0) is 35.0 Å². The summed E-state index contributed by atoms with van der Waals surface area (Å²) in [5.41, 5.74) is 1.43. The minimum absolute atomic E-state index is 0.0892. The minimum atomic E-state index is -0.0892. The maximum absolute atomic E-state index is 11.9. The van der Waals surface area contributed by atoms with Crippen molar-refractivity contribution < 1.29 is 0 Å². The van der Waals surface area contributed by atoms with Crippen molar-refractivity contribution in [2.45, 2.75) is 6.92 Å². The summed E-state index contributed by atoms with van der Waals surface area (Å²) in [4.78, 5) is 16.0. The van der Waals surface area contributed by atoms with Gasteiger partial charge >= 0.3 is 0 Å². The molecule has 3 nitrogen and oxygen atoms in total. The van der Waals surface area contributed by atoms with Gasteiger partial charge in [-0.3, -0.25) is 9.36 Å². The third-order valence-electron chi connectivity index (χ3n) is 2.13. The highest BCUT2D eigenvalue weighted by atomic mass is 79.9. The molecule has 0 saturated heterocycles. The van der Waals surface area contributed by atoms with Gasteiger partial charge in [0.25, 0.3) is 5.56 Å². The highest BCUT2D eigenvalue weighted by Crippen LogP contribution is 2.09. The van der Waals surface area contributed by atoms with Gasteiger partial charge < -0.3 is 0 Å². The summed E-state index contributed by atoms with van der Waals surface area (Å²) in [5.74, 6) is 0. The van der Waals surface area contributed by atoms with Crippen LogP contribution in [-0.4, -0.2) is 9.55 Å². The van der Waals surface area contributed by atoms with Crippen molar-refractivity contribution in [1.82, 2.24) is 9.55 Å². The van der Waals surface area contributed by atoms with Crippen LogP contribution in [0.2, 0.25) is 0 Å². The maximum Gasteiger partial charge on any atom is 0.272 e. The normalized spacial score (nSPS) is 10.3. The zero-order valence-electron chi connectivity index (χ0n) is 8.14. The topological polar surface area (TPSA) is 34.9 Å². The van der Waals surface area contributed by atoms with Crippen molar-refractivity contribution in [3.8, 4) is 5.69 Å². The summed E-state index contributed by atoms with van der Waals surface area (Å²) in [6, 6.07) is 9.41. The number of nitrogens with zero attached hydrogens (tertiary/aromatic N) is 2. The van der Waals surface area contributed by atoms with Crippen molar-refractivity contribution in [3.63, 3.8) is 0 Å². The molecule has 0 atom stereocenters. The fourth-order valence-corrected chi connectivity index (χ4v) is 1.58. The van der Waals surface area contributed by atoms with Crippen LogP contribution >= 0.6 is 15.9 Å². The molecule has 1 aromatic heterocycles. The first kappa shape index (κ1) is 10.1. The van der Waals surface area contributed by atoms with Gasteiger partial charge in [0.15, 0.2) is 0 Å². The number of rotatable bonds is 1. The fraction of sp³-hybridized carbons (Fsp3) is 0.0909. The van der Waals surface area contributed by atoms with E-state index in [0.29, 0.717) is 10.2 Å². The standard InChI is InChI=1S/C11H9BrN2O/c1-8-10(12)11(15)14(7-13-8)9-5-3-2-4-6-9/h2-7H,1H3. The second-order valence-corrected chi connectivity index (χ2v) is 3.95. The Kier molecular flexibility index (Phi) is 2.68. The first-order valence-corrected chi connectivity index (χ1v) is 5.28. The van der Waals surface area contributed by atoms with Gasteiger partial charge in [0, 0.05) is 0 Å². The Hall–Kier alpha value is -1.42. The monoisotopic (exact) mass is 264 g/mol. The van der Waals surface area contributed by atoms with Gasteiger partial charge in [-0.1, -0.05) is 18.2 Å². The van der Waals surface area contributed by atoms with Gasteiger partial charge in [-0.2, -0.15) is 0 Å². The van der Waals surface area contributed by atoms with E-state index >= 15 is 0 Å². The summed E-state index contributed by atoms with van der Waals surface area (Å²) >= 11 is 3.23. The molecule has 0 spiro atoms. The van der Waals surface area contributed by atoms with Crippen LogP contribution < -0.4 is 5.56 Å². The van der Waals surface area contributed by atoms with Crippen molar-refractivity contribution in [1.29, 1.82) is 0 Å². The predicted octanol–water partition coefficient (Wildman–Crippen LogP) is 2.30. The minimum Gasteiger partial charge on any atom is -0.268 e. The number of halogens is 1. The van der Waals surface area contributed by atoms with E-state index in [9.17, 15) is 4.79 Å². The third-order valence-corrected chi connectivity index (χ3v) is 3.04. The summed E-state index contributed by atoms with van der Waals surface area (Å²) in [6.07, 6.45) is 1.54. The molecule has 0 saturated carbocycles. The molecule has 0 N–H and O–H groups in total. The fourth-order valence-electron chi connectivity index (χ4n) is 1.29. The van der Waals surface area contributed by atoms with Crippen molar-refractivity contribution in [2.75, 3.05) is 0 Å². The zero-order chi connectivity index (χ0) is 10.8. The average Bonchev–Trinajstić information content (AvgIpc) is 2.27. The van der Waals surface area contributed by atoms with E-state index in [-0.39, 0.29) is 5.56 Å². The SMILES string of the molecule is Cc1ncn(-c2ccccc2)c(=O)c1Br. The van der Waals surface area contributed by atoms with Gasteiger partial charge in [0.05, 0.1) is 11.4 Å². The van der Waals surface area contributed by atoms with Gasteiger partial charge in [0.1, 0.15) is 10.8 Å². The number of aromatic nitrogens is 2. The lowest BCUT2D eigenvalue weighted by Crippen LogP contribution is -2.20. The van der Waals surface area contributed by atoms with Crippen LogP contribution in [0.4, 0.5) is 0 Å². The molecule has 15 heavy (non-hydrogen) atoms. The Balaban J connectivity index is 2.66. The van der Waals surface area contributed by atoms with E-state index in [1.54, 1.807) is 6.92 Å². The second kappa shape index (κ2) is 3.98. The molecule has 1 aromatic carbocycles. The van der Waals surface area contributed by atoms with E-state index in [4.69, 9.17) is 0 Å². The van der Waals surface area contributed by atoms with E-state index in [0.717, 1.165) is 5.69 Å². The Morgan fingerprint density at radius 3 is 2.60 bits per heavy atom. The molecule has 0 aliphatic carbocycles. The first-order chi connectivity index (χ1) is 7.20. The van der Waals surface area contributed by atoms with E-state index in [2.05, 4.69) is 20.9 Å². The van der Waals surface area contributed by atoms with E-state index in [1.807, 2.05) is 30.3 Å². The molecule has 2 aromatic rings. The molecule has 0 aliphatic rings. The number of hydrogen-bond donors (Lipinski definition) is 0. The highest BCUT2D eigenvalue weighted by Gasteiger charge is 2.05. The average molecular weight is 265 g/mol. The largest absolute Gasteiger partial charge is 0.272 e. The molecule has 0 fully saturated rings. The summed E-state index contributed by atoms with van der Waals surface area (Å²) in [5, 5.41) is 0. The van der Waals surface area contributed by atoms with Crippen molar-refractivity contribution >= 4 is 15.9 Å². The predicted molar refractivity (Wildman–Crippen MR) is 62.3 cm³/mol. The number of para-hydroxylation sites is 1. The third kappa shape index (κ3) is 1.85. The van der Waals surface area contributed by atoms with Crippen molar-refractivity contribution in [3.05, 3.63) is 57.2 Å². The van der Waals surface area contributed by atoms with Gasteiger partial charge in [-0.15, -0.1) is 0 Å². The summed E-state index contributed by atoms with van der Waals surface area (Å²) < 4.78 is 2.02. The van der Waals surface area contributed by atoms with Gasteiger partial charge in [0.2, 0.25) is 0 Å². The zero-order valence-corrected chi connectivity index (χ0v) is 9.73. The number of benzene rings is 1. The Morgan fingerprint density at radius 2 is 1.93 bits per heavy atom. The molecule has 2 rings (SSSR count). The molecule has 0 bridgehead atoms. The summed E-state index contributed by atoms with van der Waals surface area (Å²) in [7, 11) is 0. The Morgan fingerprint density at radius 1 is 1.27 bits per heavy atom. The highest BCUT2D eigenvalue weighted by molar-refractivity contribution is 9.10. The van der Waals surface area contributed by atoms with E-state index in [1.165, 1.54) is 10.9 Å². The van der Waals surface area contributed by atoms with Crippen LogP contribution in [0, 0.1) is 6.92 Å². The molecular weight excluding hydrogens is 256 g/mol. The van der Waals surface area contributed by atoms with Crippen LogP contribution in [0.3, 0.4) is 0 Å². The van der Waals surface area contributed by atoms with Crippen molar-refractivity contribution in [2.24, 2.45) is 0 Å². The quantitative estimate of drug-likeness (QED) is 0.793. The Labute approximate surface area is 95.5 Å². The lowest BCUT2D eigenvalue weighted by molar-refractivity contribution is 0.904. The molecular formula is C11H9BrN2O. The maximum atomic E-state index is 11.9. The lowest BCUT2D eigenvalue weighted by Gasteiger charge is -2.05. The van der Waals surface area contributed by atoms with Crippen LogP contribution in [0.15, 0.2) is 45.9 Å². The van der Waals surface area contributed by atoms with Gasteiger partial charge in [-0.25, -0.2) is 4.98 Å². The van der Waals surface area contributed by atoms with Crippen LogP contribution in [0.5, 0.6) is 0 Å². The number of aryl methyl sites for hydroxylation is 1. The lowest BCUT2D eigenvalue weighted by atomic mass is 10.3. The molecule has 4 heteroatoms. The van der Waals surface area contributed by atoms with Crippen LogP contribution in [0.25, 0.3) is 5.69 Å². The molecule has 76 valence electrons. The molecule has 0 radical (unpaired) electrons. The van der Waals surface area contributed by atoms with E-state index < -0.39 is 0 Å². The molecule has 0 unspecified atom stereocenters. The summed E-state index contributed by atoms with van der Waals surface area (Å²) in [6.45, 7) is 1.79.